The van der Waals surface area contributed by atoms with Crippen molar-refractivity contribution in [1.29, 1.82) is 0 Å². The molecule has 1 saturated heterocycles. The highest BCUT2D eigenvalue weighted by Gasteiger charge is 2.36. The SMILES string of the molecule is C#CCOc1c(Br)cc(/C=C2\C(=O)NC(=O)N(c3ccc(OC)cc3)C2=O)cc1OCC. The first-order chi connectivity index (χ1) is 15.4. The maximum absolute atomic E-state index is 13.1. The van der Waals surface area contributed by atoms with Gasteiger partial charge in [-0.15, -0.1) is 6.42 Å². The average Bonchev–Trinajstić information content (AvgIpc) is 2.76. The van der Waals surface area contributed by atoms with Gasteiger partial charge in [0.05, 0.1) is 23.9 Å². The van der Waals surface area contributed by atoms with E-state index in [2.05, 4.69) is 27.2 Å². The molecule has 32 heavy (non-hydrogen) atoms. The van der Waals surface area contributed by atoms with Crippen LogP contribution in [-0.4, -0.2) is 38.2 Å². The number of imide groups is 2. The van der Waals surface area contributed by atoms with Crippen molar-refractivity contribution in [2.24, 2.45) is 0 Å². The van der Waals surface area contributed by atoms with E-state index < -0.39 is 17.8 Å². The summed E-state index contributed by atoms with van der Waals surface area (Å²) in [7, 11) is 1.50. The Morgan fingerprint density at radius 1 is 1.16 bits per heavy atom. The largest absolute Gasteiger partial charge is 0.497 e. The van der Waals surface area contributed by atoms with Crippen LogP contribution < -0.4 is 24.4 Å². The number of rotatable bonds is 7. The number of barbiturate groups is 1. The van der Waals surface area contributed by atoms with Crippen molar-refractivity contribution in [3.05, 3.63) is 52.0 Å². The lowest BCUT2D eigenvalue weighted by atomic mass is 10.1. The fourth-order valence-electron chi connectivity index (χ4n) is 2.98. The summed E-state index contributed by atoms with van der Waals surface area (Å²) in [6, 6.07) is 8.73. The first-order valence-corrected chi connectivity index (χ1v) is 10.3. The second kappa shape index (κ2) is 10.0. The van der Waals surface area contributed by atoms with Gasteiger partial charge in [0, 0.05) is 0 Å². The molecule has 0 unspecified atom stereocenters. The number of benzene rings is 2. The van der Waals surface area contributed by atoms with Crippen molar-refractivity contribution in [2.75, 3.05) is 25.2 Å². The van der Waals surface area contributed by atoms with Crippen molar-refractivity contribution in [3.63, 3.8) is 0 Å². The number of amides is 4. The number of hydrogen-bond donors (Lipinski definition) is 1. The summed E-state index contributed by atoms with van der Waals surface area (Å²) >= 11 is 3.40. The number of anilines is 1. The molecule has 2 aromatic carbocycles. The van der Waals surface area contributed by atoms with Crippen LogP contribution in [0.1, 0.15) is 12.5 Å². The molecule has 0 spiro atoms. The summed E-state index contributed by atoms with van der Waals surface area (Å²) in [5.74, 6) is 2.17. The fourth-order valence-corrected chi connectivity index (χ4v) is 3.55. The lowest BCUT2D eigenvalue weighted by Gasteiger charge is -2.26. The van der Waals surface area contributed by atoms with E-state index in [1.807, 2.05) is 0 Å². The van der Waals surface area contributed by atoms with Gasteiger partial charge in [0.1, 0.15) is 17.9 Å². The molecule has 1 aliphatic rings. The van der Waals surface area contributed by atoms with Gasteiger partial charge in [-0.05, 0) is 70.9 Å². The Kier molecular flexibility index (Phi) is 7.18. The molecule has 4 amide bonds. The van der Waals surface area contributed by atoms with E-state index in [1.54, 1.807) is 43.3 Å². The van der Waals surface area contributed by atoms with E-state index in [9.17, 15) is 14.4 Å². The van der Waals surface area contributed by atoms with Crippen molar-refractivity contribution in [3.8, 4) is 29.6 Å². The topological polar surface area (TPSA) is 94.2 Å². The second-order valence-electron chi connectivity index (χ2n) is 6.41. The number of ether oxygens (including phenoxy) is 3. The third kappa shape index (κ3) is 4.76. The summed E-state index contributed by atoms with van der Waals surface area (Å²) < 4.78 is 16.8. The highest BCUT2D eigenvalue weighted by atomic mass is 79.9. The molecular weight excluding hydrogens is 480 g/mol. The predicted molar refractivity (Wildman–Crippen MR) is 122 cm³/mol. The van der Waals surface area contributed by atoms with Gasteiger partial charge in [-0.1, -0.05) is 5.92 Å². The zero-order valence-corrected chi connectivity index (χ0v) is 18.9. The highest BCUT2D eigenvalue weighted by Crippen LogP contribution is 2.37. The zero-order valence-electron chi connectivity index (χ0n) is 17.3. The van der Waals surface area contributed by atoms with Crippen LogP contribution in [0, 0.1) is 12.3 Å². The molecule has 0 aromatic heterocycles. The van der Waals surface area contributed by atoms with Gasteiger partial charge in [-0.2, -0.15) is 0 Å². The lowest BCUT2D eigenvalue weighted by Crippen LogP contribution is -2.54. The minimum atomic E-state index is -0.837. The van der Waals surface area contributed by atoms with Crippen LogP contribution in [0.4, 0.5) is 10.5 Å². The molecule has 164 valence electrons. The third-order valence-electron chi connectivity index (χ3n) is 4.37. The number of methoxy groups -OCH3 is 1. The van der Waals surface area contributed by atoms with E-state index in [1.165, 1.54) is 13.2 Å². The van der Waals surface area contributed by atoms with E-state index in [4.69, 9.17) is 20.6 Å². The van der Waals surface area contributed by atoms with E-state index in [-0.39, 0.29) is 12.2 Å². The number of nitrogens with one attached hydrogen (secondary N) is 1. The maximum Gasteiger partial charge on any atom is 0.335 e. The molecule has 0 radical (unpaired) electrons. The van der Waals surface area contributed by atoms with Gasteiger partial charge in [-0.3, -0.25) is 14.9 Å². The van der Waals surface area contributed by atoms with Crippen LogP contribution >= 0.6 is 15.9 Å². The van der Waals surface area contributed by atoms with Gasteiger partial charge in [-0.25, -0.2) is 9.69 Å². The summed E-state index contributed by atoms with van der Waals surface area (Å²) in [6.07, 6.45) is 6.64. The molecule has 9 heteroatoms. The van der Waals surface area contributed by atoms with E-state index >= 15 is 0 Å². The van der Waals surface area contributed by atoms with Crippen molar-refractivity contribution >= 4 is 45.5 Å². The van der Waals surface area contributed by atoms with Crippen LogP contribution in [0.2, 0.25) is 0 Å². The summed E-state index contributed by atoms with van der Waals surface area (Å²) in [5.41, 5.74) is 0.559. The van der Waals surface area contributed by atoms with E-state index in [0.717, 1.165) is 4.90 Å². The normalized spacial score (nSPS) is 14.8. The Morgan fingerprint density at radius 3 is 2.50 bits per heavy atom. The van der Waals surface area contributed by atoms with Crippen LogP contribution in [0.3, 0.4) is 0 Å². The maximum atomic E-state index is 13.1. The number of carbonyl (C=O) groups is 3. The van der Waals surface area contributed by atoms with Gasteiger partial charge >= 0.3 is 6.03 Å². The first kappa shape index (κ1) is 22.9. The Hall–Kier alpha value is -3.77. The van der Waals surface area contributed by atoms with Crippen LogP contribution in [0.5, 0.6) is 17.2 Å². The number of nitrogens with zero attached hydrogens (tertiary/aromatic N) is 1. The van der Waals surface area contributed by atoms with Crippen molar-refractivity contribution < 1.29 is 28.6 Å². The molecule has 2 aromatic rings. The Morgan fingerprint density at radius 2 is 1.88 bits per heavy atom. The zero-order chi connectivity index (χ0) is 23.3. The summed E-state index contributed by atoms with van der Waals surface area (Å²) in [4.78, 5) is 38.8. The molecule has 8 nitrogen and oxygen atoms in total. The standard InChI is InChI=1S/C23H19BrN2O6/c1-4-10-32-20-18(24)12-14(13-19(20)31-5-2)11-17-21(27)25-23(29)26(22(17)28)15-6-8-16(30-3)9-7-15/h1,6-9,11-13H,5,10H2,2-3H3,(H,25,27,29)/b17-11+. The minimum Gasteiger partial charge on any atom is -0.497 e. The number of halogens is 1. The number of hydrogen-bond acceptors (Lipinski definition) is 6. The van der Waals surface area contributed by atoms with Crippen LogP contribution in [-0.2, 0) is 9.59 Å². The molecule has 1 aliphatic heterocycles. The van der Waals surface area contributed by atoms with Gasteiger partial charge in [0.25, 0.3) is 11.8 Å². The molecule has 0 bridgehead atoms. The average molecular weight is 499 g/mol. The molecule has 1 heterocycles. The monoisotopic (exact) mass is 498 g/mol. The van der Waals surface area contributed by atoms with Crippen molar-refractivity contribution in [2.45, 2.75) is 6.92 Å². The second-order valence-corrected chi connectivity index (χ2v) is 7.27. The Bertz CT molecular complexity index is 1130. The molecular formula is C23H19BrN2O6. The smallest absolute Gasteiger partial charge is 0.335 e. The minimum absolute atomic E-state index is 0.0406. The molecule has 0 atom stereocenters. The summed E-state index contributed by atoms with van der Waals surface area (Å²) in [6.45, 7) is 2.21. The Balaban J connectivity index is 2.00. The van der Waals surface area contributed by atoms with Crippen LogP contribution in [0.15, 0.2) is 46.4 Å². The number of terminal acetylenes is 1. The van der Waals surface area contributed by atoms with Gasteiger partial charge in [0.15, 0.2) is 11.5 Å². The third-order valence-corrected chi connectivity index (χ3v) is 4.96. The van der Waals surface area contributed by atoms with Gasteiger partial charge < -0.3 is 14.2 Å². The molecule has 1 N–H and O–H groups in total. The van der Waals surface area contributed by atoms with Crippen molar-refractivity contribution in [1.82, 2.24) is 5.32 Å². The number of urea groups is 1. The molecule has 3 rings (SSSR count). The molecule has 1 fully saturated rings. The molecule has 0 aliphatic carbocycles. The summed E-state index contributed by atoms with van der Waals surface area (Å²) in [5, 5.41) is 2.19. The number of carbonyl (C=O) groups excluding carboxylic acids is 3. The Labute approximate surface area is 193 Å². The quantitative estimate of drug-likeness (QED) is 0.356. The van der Waals surface area contributed by atoms with Crippen LogP contribution in [0.25, 0.3) is 6.08 Å². The van der Waals surface area contributed by atoms with E-state index in [0.29, 0.717) is 39.6 Å². The molecule has 0 saturated carbocycles. The highest BCUT2D eigenvalue weighted by molar-refractivity contribution is 9.10. The predicted octanol–water partition coefficient (Wildman–Crippen LogP) is 3.53. The lowest BCUT2D eigenvalue weighted by molar-refractivity contribution is -0.122. The fraction of sp³-hybridized carbons (Fsp3) is 0.174. The van der Waals surface area contributed by atoms with Gasteiger partial charge in [0.2, 0.25) is 0 Å². The first-order valence-electron chi connectivity index (χ1n) is 9.47.